The molecule has 0 aromatic heterocycles. The second kappa shape index (κ2) is 10.1. The number of amides is 2. The van der Waals surface area contributed by atoms with Crippen molar-refractivity contribution in [2.24, 2.45) is 0 Å². The van der Waals surface area contributed by atoms with Crippen molar-refractivity contribution in [3.05, 3.63) is 58.6 Å². The standard InChI is InChI=1S/C22H22ClF3N2O4/c1-31-19-9-6-15(23)13-17(19)21(30)28-12-2-3-18(28)20(29)27-11-10-14-4-7-16(8-5-14)32-22(24,25)26/h4-9,13,18H,2-3,10-12H2,1H3,(H,27,29). The molecule has 1 heterocycles. The lowest BCUT2D eigenvalue weighted by Crippen LogP contribution is -2.46. The maximum atomic E-state index is 13.0. The summed E-state index contributed by atoms with van der Waals surface area (Å²) >= 11 is 6.02. The van der Waals surface area contributed by atoms with Crippen molar-refractivity contribution in [3.63, 3.8) is 0 Å². The maximum Gasteiger partial charge on any atom is 0.573 e. The monoisotopic (exact) mass is 470 g/mol. The van der Waals surface area contributed by atoms with Gasteiger partial charge in [0.1, 0.15) is 17.5 Å². The number of alkyl halides is 3. The molecule has 2 aromatic carbocycles. The lowest BCUT2D eigenvalue weighted by molar-refractivity contribution is -0.274. The summed E-state index contributed by atoms with van der Waals surface area (Å²) in [4.78, 5) is 27.2. The van der Waals surface area contributed by atoms with Crippen LogP contribution in [0.4, 0.5) is 13.2 Å². The van der Waals surface area contributed by atoms with E-state index < -0.39 is 12.4 Å². The van der Waals surface area contributed by atoms with Gasteiger partial charge in [0.25, 0.3) is 5.91 Å². The van der Waals surface area contributed by atoms with E-state index in [2.05, 4.69) is 10.1 Å². The van der Waals surface area contributed by atoms with Crippen molar-refractivity contribution in [3.8, 4) is 11.5 Å². The van der Waals surface area contributed by atoms with Crippen LogP contribution in [0.1, 0.15) is 28.8 Å². The molecule has 3 rings (SSSR count). The fourth-order valence-electron chi connectivity index (χ4n) is 3.59. The number of benzene rings is 2. The van der Waals surface area contributed by atoms with Crippen LogP contribution in [-0.4, -0.2) is 49.3 Å². The molecule has 6 nitrogen and oxygen atoms in total. The fourth-order valence-corrected chi connectivity index (χ4v) is 3.76. The minimum atomic E-state index is -4.74. The molecule has 2 amide bonds. The largest absolute Gasteiger partial charge is 0.573 e. The van der Waals surface area contributed by atoms with Crippen LogP contribution >= 0.6 is 11.6 Å². The number of nitrogens with zero attached hydrogens (tertiary/aromatic N) is 1. The number of methoxy groups -OCH3 is 1. The van der Waals surface area contributed by atoms with Gasteiger partial charge in [-0.25, -0.2) is 0 Å². The van der Waals surface area contributed by atoms with Crippen molar-refractivity contribution in [2.75, 3.05) is 20.2 Å². The Morgan fingerprint density at radius 1 is 1.19 bits per heavy atom. The van der Waals surface area contributed by atoms with Gasteiger partial charge in [-0.1, -0.05) is 23.7 Å². The normalized spacial score (nSPS) is 16.0. The van der Waals surface area contributed by atoms with Crippen molar-refractivity contribution in [2.45, 2.75) is 31.7 Å². The van der Waals surface area contributed by atoms with Crippen LogP contribution in [0.25, 0.3) is 0 Å². The molecule has 2 aromatic rings. The highest BCUT2D eigenvalue weighted by molar-refractivity contribution is 6.31. The first-order valence-corrected chi connectivity index (χ1v) is 10.3. The molecule has 1 aliphatic rings. The Kier molecular flexibility index (Phi) is 7.50. The number of hydrogen-bond donors (Lipinski definition) is 1. The van der Waals surface area contributed by atoms with Gasteiger partial charge in [0.2, 0.25) is 5.91 Å². The molecule has 1 saturated heterocycles. The predicted octanol–water partition coefficient (Wildman–Crippen LogP) is 4.21. The topological polar surface area (TPSA) is 67.9 Å². The first kappa shape index (κ1) is 23.7. The van der Waals surface area contributed by atoms with Crippen LogP contribution in [-0.2, 0) is 11.2 Å². The zero-order chi connectivity index (χ0) is 23.3. The molecule has 1 fully saturated rings. The van der Waals surface area contributed by atoms with Crippen molar-refractivity contribution < 1.29 is 32.2 Å². The van der Waals surface area contributed by atoms with E-state index in [-0.39, 0.29) is 24.1 Å². The first-order chi connectivity index (χ1) is 15.2. The van der Waals surface area contributed by atoms with Gasteiger partial charge in [0, 0.05) is 18.1 Å². The second-order valence-corrected chi connectivity index (χ2v) is 7.67. The Bertz CT molecular complexity index is 967. The molecule has 172 valence electrons. The summed E-state index contributed by atoms with van der Waals surface area (Å²) in [6.45, 7) is 0.713. The summed E-state index contributed by atoms with van der Waals surface area (Å²) in [5.74, 6) is -0.540. The number of carbonyl (C=O) groups is 2. The van der Waals surface area contributed by atoms with Crippen LogP contribution in [0.5, 0.6) is 11.5 Å². The van der Waals surface area contributed by atoms with Gasteiger partial charge in [-0.3, -0.25) is 9.59 Å². The van der Waals surface area contributed by atoms with Gasteiger partial charge in [0.15, 0.2) is 0 Å². The molecule has 0 aliphatic carbocycles. The highest BCUT2D eigenvalue weighted by Gasteiger charge is 2.35. The molecule has 1 unspecified atom stereocenters. The van der Waals surface area contributed by atoms with E-state index in [1.165, 1.54) is 42.3 Å². The van der Waals surface area contributed by atoms with Crippen molar-refractivity contribution in [1.29, 1.82) is 0 Å². The third-order valence-electron chi connectivity index (χ3n) is 5.08. The Morgan fingerprint density at radius 3 is 2.56 bits per heavy atom. The van der Waals surface area contributed by atoms with Gasteiger partial charge in [-0.15, -0.1) is 13.2 Å². The van der Waals surface area contributed by atoms with Gasteiger partial charge >= 0.3 is 6.36 Å². The molecule has 0 radical (unpaired) electrons. The van der Waals surface area contributed by atoms with E-state index in [1.54, 1.807) is 12.1 Å². The zero-order valence-corrected chi connectivity index (χ0v) is 18.0. The highest BCUT2D eigenvalue weighted by atomic mass is 35.5. The number of likely N-dealkylation sites (tertiary alicyclic amines) is 1. The SMILES string of the molecule is COc1ccc(Cl)cc1C(=O)N1CCCC1C(=O)NCCc1ccc(OC(F)(F)F)cc1. The highest BCUT2D eigenvalue weighted by Crippen LogP contribution is 2.28. The van der Waals surface area contributed by atoms with Gasteiger partial charge in [0.05, 0.1) is 12.7 Å². The van der Waals surface area contributed by atoms with E-state index in [0.29, 0.717) is 42.1 Å². The number of hydrogen-bond acceptors (Lipinski definition) is 4. The summed E-state index contributed by atoms with van der Waals surface area (Å²) in [6, 6.07) is 9.57. The summed E-state index contributed by atoms with van der Waals surface area (Å²) in [7, 11) is 1.45. The Hall–Kier alpha value is -2.94. The Morgan fingerprint density at radius 2 is 1.91 bits per heavy atom. The molecule has 1 N–H and O–H groups in total. The van der Waals surface area contributed by atoms with Gasteiger partial charge < -0.3 is 19.7 Å². The number of halogens is 4. The lowest BCUT2D eigenvalue weighted by atomic mass is 10.1. The van der Waals surface area contributed by atoms with Gasteiger partial charge in [-0.05, 0) is 55.2 Å². The van der Waals surface area contributed by atoms with Crippen molar-refractivity contribution >= 4 is 23.4 Å². The molecule has 1 aliphatic heterocycles. The van der Waals surface area contributed by atoms with E-state index in [4.69, 9.17) is 16.3 Å². The van der Waals surface area contributed by atoms with Crippen LogP contribution in [0.15, 0.2) is 42.5 Å². The third-order valence-corrected chi connectivity index (χ3v) is 5.31. The molecular weight excluding hydrogens is 449 g/mol. The van der Waals surface area contributed by atoms with E-state index in [1.807, 2.05) is 0 Å². The fraction of sp³-hybridized carbons (Fsp3) is 0.364. The summed E-state index contributed by atoms with van der Waals surface area (Å²) < 4.78 is 45.8. The zero-order valence-electron chi connectivity index (χ0n) is 17.2. The van der Waals surface area contributed by atoms with Crippen LogP contribution in [0.3, 0.4) is 0 Å². The summed E-state index contributed by atoms with van der Waals surface area (Å²) in [6.07, 6.45) is -3.10. The lowest BCUT2D eigenvalue weighted by Gasteiger charge is -2.25. The summed E-state index contributed by atoms with van der Waals surface area (Å²) in [5.41, 5.74) is 1.03. The molecule has 0 bridgehead atoms. The van der Waals surface area contributed by atoms with Crippen LogP contribution in [0, 0.1) is 0 Å². The Balaban J connectivity index is 1.57. The molecule has 0 saturated carbocycles. The van der Waals surface area contributed by atoms with E-state index >= 15 is 0 Å². The van der Waals surface area contributed by atoms with E-state index in [0.717, 1.165) is 5.56 Å². The maximum absolute atomic E-state index is 13.0. The average Bonchev–Trinajstić information content (AvgIpc) is 3.23. The second-order valence-electron chi connectivity index (χ2n) is 7.23. The smallest absolute Gasteiger partial charge is 0.496 e. The number of nitrogens with one attached hydrogen (secondary N) is 1. The quantitative estimate of drug-likeness (QED) is 0.658. The minimum Gasteiger partial charge on any atom is -0.496 e. The molecular formula is C22H22ClF3N2O4. The summed E-state index contributed by atoms with van der Waals surface area (Å²) in [5, 5.41) is 3.19. The number of carbonyl (C=O) groups excluding carboxylic acids is 2. The van der Waals surface area contributed by atoms with E-state index in [9.17, 15) is 22.8 Å². The third kappa shape index (κ3) is 6.06. The molecule has 32 heavy (non-hydrogen) atoms. The molecule has 1 atom stereocenters. The number of rotatable bonds is 7. The molecule has 0 spiro atoms. The van der Waals surface area contributed by atoms with Crippen LogP contribution in [0.2, 0.25) is 5.02 Å². The predicted molar refractivity (Wildman–Crippen MR) is 112 cm³/mol. The van der Waals surface area contributed by atoms with Gasteiger partial charge in [-0.2, -0.15) is 0 Å². The van der Waals surface area contributed by atoms with Crippen LogP contribution < -0.4 is 14.8 Å². The minimum absolute atomic E-state index is 0.275. The van der Waals surface area contributed by atoms with Crippen molar-refractivity contribution in [1.82, 2.24) is 10.2 Å². The first-order valence-electron chi connectivity index (χ1n) is 9.95. The molecule has 10 heteroatoms. The average molecular weight is 471 g/mol. The Labute approximate surface area is 188 Å². The number of ether oxygens (including phenoxy) is 2.